The quantitative estimate of drug-likeness (QED) is 0.461. The first-order chi connectivity index (χ1) is 11.1. The molecule has 3 amide bonds. The van der Waals surface area contributed by atoms with Crippen LogP contribution >= 0.6 is 22.6 Å². The highest BCUT2D eigenvalue weighted by atomic mass is 127. The molecule has 1 saturated carbocycles. The van der Waals surface area contributed by atoms with E-state index in [-0.39, 0.29) is 47.9 Å². The van der Waals surface area contributed by atoms with Crippen molar-refractivity contribution in [1.82, 2.24) is 4.90 Å². The number of amides is 3. The lowest BCUT2D eigenvalue weighted by molar-refractivity contribution is -0.143. The SMILES string of the molecule is O=C(CN1C(=O)[C@H]2[C@H](C1=O)[C@H]1C=C[C@H]2C1)Nc1ccccc1I. The molecular formula is C17H15IN2O3. The van der Waals surface area contributed by atoms with Gasteiger partial charge < -0.3 is 5.32 Å². The van der Waals surface area contributed by atoms with Gasteiger partial charge >= 0.3 is 0 Å². The molecule has 5 nitrogen and oxygen atoms in total. The van der Waals surface area contributed by atoms with Gasteiger partial charge in [0.2, 0.25) is 17.7 Å². The number of anilines is 1. The Balaban J connectivity index is 1.48. The van der Waals surface area contributed by atoms with Gasteiger partial charge in [0.05, 0.1) is 17.5 Å². The highest BCUT2D eigenvalue weighted by Crippen LogP contribution is 2.52. The summed E-state index contributed by atoms with van der Waals surface area (Å²) in [5, 5.41) is 2.77. The summed E-state index contributed by atoms with van der Waals surface area (Å²) in [7, 11) is 0. The molecule has 1 heterocycles. The fraction of sp³-hybridized carbons (Fsp3) is 0.353. The van der Waals surface area contributed by atoms with Gasteiger partial charge in [0.15, 0.2) is 0 Å². The molecule has 1 N–H and O–H groups in total. The fourth-order valence-corrected chi connectivity index (χ4v) is 4.54. The van der Waals surface area contributed by atoms with Crippen molar-refractivity contribution in [1.29, 1.82) is 0 Å². The standard InChI is InChI=1S/C17H15IN2O3/c18-11-3-1-2-4-12(11)19-13(21)8-20-16(22)14-9-5-6-10(7-9)15(14)17(20)23/h1-6,9-10,14-15H,7-8H2,(H,19,21)/t9-,10-,14+,15+/m0/s1. The minimum absolute atomic E-state index is 0.171. The first kappa shape index (κ1) is 14.9. The Hall–Kier alpha value is -1.70. The Bertz CT molecular complexity index is 715. The average Bonchev–Trinajstić information content (AvgIpc) is 3.19. The lowest BCUT2D eigenvalue weighted by Crippen LogP contribution is -2.39. The van der Waals surface area contributed by atoms with Crippen molar-refractivity contribution in [3.8, 4) is 0 Å². The van der Waals surface area contributed by atoms with E-state index in [2.05, 4.69) is 27.9 Å². The number of fused-ring (bicyclic) bond motifs is 5. The molecule has 118 valence electrons. The van der Waals surface area contributed by atoms with Gasteiger partial charge in [-0.15, -0.1) is 0 Å². The van der Waals surface area contributed by atoms with Gasteiger partial charge in [-0.25, -0.2) is 0 Å². The van der Waals surface area contributed by atoms with Crippen LogP contribution in [0.1, 0.15) is 6.42 Å². The Kier molecular flexibility index (Phi) is 3.51. The maximum Gasteiger partial charge on any atom is 0.244 e. The summed E-state index contributed by atoms with van der Waals surface area (Å²) in [6.07, 6.45) is 4.99. The highest BCUT2D eigenvalue weighted by Gasteiger charge is 2.59. The van der Waals surface area contributed by atoms with E-state index in [9.17, 15) is 14.4 Å². The third kappa shape index (κ3) is 2.31. The number of rotatable bonds is 3. The summed E-state index contributed by atoms with van der Waals surface area (Å²) in [4.78, 5) is 38.4. The van der Waals surface area contributed by atoms with Crippen molar-refractivity contribution < 1.29 is 14.4 Å². The molecule has 2 fully saturated rings. The van der Waals surface area contributed by atoms with Crippen LogP contribution in [-0.2, 0) is 14.4 Å². The molecule has 4 rings (SSSR count). The van der Waals surface area contributed by atoms with E-state index >= 15 is 0 Å². The van der Waals surface area contributed by atoms with Gasteiger partial charge in [-0.3, -0.25) is 19.3 Å². The van der Waals surface area contributed by atoms with Crippen LogP contribution in [0.3, 0.4) is 0 Å². The summed E-state index contributed by atoms with van der Waals surface area (Å²) in [5.74, 6) is -0.862. The predicted octanol–water partition coefficient (Wildman–Crippen LogP) is 2.04. The molecule has 3 aliphatic rings. The summed E-state index contributed by atoms with van der Waals surface area (Å²) < 4.78 is 0.914. The smallest absolute Gasteiger partial charge is 0.244 e. The van der Waals surface area contributed by atoms with Crippen molar-refractivity contribution in [3.63, 3.8) is 0 Å². The number of hydrogen-bond donors (Lipinski definition) is 1. The number of para-hydroxylation sites is 1. The number of carbonyl (C=O) groups is 3. The second-order valence-electron chi connectivity index (χ2n) is 6.29. The molecule has 1 saturated heterocycles. The fourth-order valence-electron chi connectivity index (χ4n) is 4.02. The zero-order chi connectivity index (χ0) is 16.1. The minimum atomic E-state index is -0.337. The second kappa shape index (κ2) is 5.43. The van der Waals surface area contributed by atoms with Crippen LogP contribution in [-0.4, -0.2) is 29.2 Å². The maximum absolute atomic E-state index is 12.5. The largest absolute Gasteiger partial charge is 0.324 e. The van der Waals surface area contributed by atoms with Gasteiger partial charge in [-0.1, -0.05) is 24.3 Å². The van der Waals surface area contributed by atoms with Crippen molar-refractivity contribution in [2.75, 3.05) is 11.9 Å². The number of halogens is 1. The van der Waals surface area contributed by atoms with E-state index < -0.39 is 0 Å². The molecule has 0 spiro atoms. The zero-order valence-corrected chi connectivity index (χ0v) is 14.4. The van der Waals surface area contributed by atoms with E-state index in [1.807, 2.05) is 30.4 Å². The normalized spacial score (nSPS) is 30.9. The molecule has 1 aromatic carbocycles. The van der Waals surface area contributed by atoms with E-state index in [0.29, 0.717) is 5.69 Å². The molecule has 1 aliphatic heterocycles. The number of imide groups is 1. The van der Waals surface area contributed by atoms with Gasteiger partial charge in [-0.2, -0.15) is 0 Å². The molecule has 0 unspecified atom stereocenters. The molecule has 4 atom stereocenters. The van der Waals surface area contributed by atoms with E-state index in [1.54, 1.807) is 6.07 Å². The minimum Gasteiger partial charge on any atom is -0.324 e. The third-order valence-corrected chi connectivity index (χ3v) is 5.95. The lowest BCUT2D eigenvalue weighted by atomic mass is 9.85. The number of carbonyl (C=O) groups excluding carboxylic acids is 3. The van der Waals surface area contributed by atoms with Crippen molar-refractivity contribution in [2.24, 2.45) is 23.7 Å². The Morgan fingerprint density at radius 3 is 2.35 bits per heavy atom. The number of nitrogens with one attached hydrogen (secondary N) is 1. The van der Waals surface area contributed by atoms with Crippen LogP contribution in [0.2, 0.25) is 0 Å². The molecule has 2 aliphatic carbocycles. The molecule has 0 aromatic heterocycles. The van der Waals surface area contributed by atoms with Crippen LogP contribution in [0.4, 0.5) is 5.69 Å². The summed E-state index contributed by atoms with van der Waals surface area (Å²) in [5.41, 5.74) is 0.694. The van der Waals surface area contributed by atoms with Crippen LogP contribution in [0.25, 0.3) is 0 Å². The first-order valence-electron chi connectivity index (χ1n) is 7.64. The number of nitrogens with zero attached hydrogens (tertiary/aromatic N) is 1. The van der Waals surface area contributed by atoms with Crippen LogP contribution in [0, 0.1) is 27.2 Å². The molecule has 6 heteroatoms. The Morgan fingerprint density at radius 1 is 1.13 bits per heavy atom. The van der Waals surface area contributed by atoms with Crippen LogP contribution in [0.15, 0.2) is 36.4 Å². The number of benzene rings is 1. The molecular weight excluding hydrogens is 407 g/mol. The number of likely N-dealkylation sites (tertiary alicyclic amines) is 1. The van der Waals surface area contributed by atoms with Gasteiger partial charge in [-0.05, 0) is 53.0 Å². The van der Waals surface area contributed by atoms with E-state index in [0.717, 1.165) is 14.9 Å². The zero-order valence-electron chi connectivity index (χ0n) is 12.2. The van der Waals surface area contributed by atoms with Gasteiger partial charge in [0.1, 0.15) is 6.54 Å². The predicted molar refractivity (Wildman–Crippen MR) is 92.2 cm³/mol. The van der Waals surface area contributed by atoms with Crippen LogP contribution in [0.5, 0.6) is 0 Å². The monoisotopic (exact) mass is 422 g/mol. The number of allylic oxidation sites excluding steroid dienone is 2. The summed E-state index contributed by atoms with van der Waals surface area (Å²) in [6, 6.07) is 7.40. The van der Waals surface area contributed by atoms with Gasteiger partial charge in [0, 0.05) is 3.57 Å². The van der Waals surface area contributed by atoms with Crippen molar-refractivity contribution in [3.05, 3.63) is 40.0 Å². The first-order valence-corrected chi connectivity index (χ1v) is 8.72. The van der Waals surface area contributed by atoms with Gasteiger partial charge in [0.25, 0.3) is 0 Å². The maximum atomic E-state index is 12.5. The third-order valence-electron chi connectivity index (χ3n) is 5.01. The Labute approximate surface area is 147 Å². The summed E-state index contributed by atoms with van der Waals surface area (Å²) >= 11 is 2.13. The van der Waals surface area contributed by atoms with Crippen molar-refractivity contribution >= 4 is 46.0 Å². The van der Waals surface area contributed by atoms with Crippen molar-refractivity contribution in [2.45, 2.75) is 6.42 Å². The topological polar surface area (TPSA) is 66.5 Å². The second-order valence-corrected chi connectivity index (χ2v) is 7.45. The summed E-state index contributed by atoms with van der Waals surface area (Å²) in [6.45, 7) is -0.199. The highest BCUT2D eigenvalue weighted by molar-refractivity contribution is 14.1. The molecule has 2 bridgehead atoms. The number of hydrogen-bond acceptors (Lipinski definition) is 3. The average molecular weight is 422 g/mol. The lowest BCUT2D eigenvalue weighted by Gasteiger charge is -2.17. The molecule has 1 aromatic rings. The van der Waals surface area contributed by atoms with E-state index in [1.165, 1.54) is 0 Å². The van der Waals surface area contributed by atoms with E-state index in [4.69, 9.17) is 0 Å². The molecule has 0 radical (unpaired) electrons. The molecule has 23 heavy (non-hydrogen) atoms. The Morgan fingerprint density at radius 2 is 1.74 bits per heavy atom. The van der Waals surface area contributed by atoms with Crippen LogP contribution < -0.4 is 5.32 Å².